The van der Waals surface area contributed by atoms with Crippen LogP contribution in [-0.2, 0) is 4.79 Å². The first kappa shape index (κ1) is 8.24. The number of Topliss-reactive ketones (excluding diaryl/α,β-unsaturated/α-hetero) is 1. The third-order valence-corrected chi connectivity index (χ3v) is 3.36. The Labute approximate surface area is 73.9 Å². The van der Waals surface area contributed by atoms with Crippen LogP contribution in [-0.4, -0.2) is 30.3 Å². The Morgan fingerprint density at radius 3 is 2.42 bits per heavy atom. The van der Waals surface area contributed by atoms with Crippen molar-refractivity contribution in [3.05, 3.63) is 0 Å². The van der Waals surface area contributed by atoms with Gasteiger partial charge in [0, 0.05) is 5.92 Å². The van der Waals surface area contributed by atoms with E-state index in [0.717, 1.165) is 25.8 Å². The van der Waals surface area contributed by atoms with Gasteiger partial charge in [0.15, 0.2) is 5.78 Å². The zero-order valence-corrected chi connectivity index (χ0v) is 7.75. The molecule has 2 nitrogen and oxygen atoms in total. The van der Waals surface area contributed by atoms with E-state index in [-0.39, 0.29) is 6.04 Å². The maximum absolute atomic E-state index is 11.8. The summed E-state index contributed by atoms with van der Waals surface area (Å²) < 4.78 is 0. The number of likely N-dealkylation sites (N-methyl/N-ethyl adjacent to an activating group) is 1. The van der Waals surface area contributed by atoms with E-state index in [1.807, 2.05) is 0 Å². The second-order valence-electron chi connectivity index (χ2n) is 4.17. The van der Waals surface area contributed by atoms with Crippen molar-refractivity contribution < 1.29 is 4.79 Å². The smallest absolute Gasteiger partial charge is 0.153 e. The van der Waals surface area contributed by atoms with Gasteiger partial charge in [-0.1, -0.05) is 6.42 Å². The summed E-state index contributed by atoms with van der Waals surface area (Å²) in [5, 5.41) is 0. The lowest BCUT2D eigenvalue weighted by molar-refractivity contribution is -0.129. The van der Waals surface area contributed by atoms with Crippen molar-refractivity contribution in [3.8, 4) is 0 Å². The Hall–Kier alpha value is -0.370. The summed E-state index contributed by atoms with van der Waals surface area (Å²) >= 11 is 0. The van der Waals surface area contributed by atoms with Gasteiger partial charge in [0.05, 0.1) is 6.04 Å². The predicted octanol–water partition coefficient (Wildman–Crippen LogP) is 1.45. The SMILES string of the molecule is CN1CCCC1C(=O)C1CCC1. The van der Waals surface area contributed by atoms with E-state index >= 15 is 0 Å². The second-order valence-corrected chi connectivity index (χ2v) is 4.17. The van der Waals surface area contributed by atoms with Crippen LogP contribution < -0.4 is 0 Å². The minimum atomic E-state index is 0.273. The monoisotopic (exact) mass is 167 g/mol. The zero-order chi connectivity index (χ0) is 8.55. The van der Waals surface area contributed by atoms with E-state index in [4.69, 9.17) is 0 Å². The molecule has 1 saturated heterocycles. The lowest BCUT2D eigenvalue weighted by atomic mass is 9.79. The third-order valence-electron chi connectivity index (χ3n) is 3.36. The van der Waals surface area contributed by atoms with Gasteiger partial charge in [0.1, 0.15) is 0 Å². The summed E-state index contributed by atoms with van der Waals surface area (Å²) in [6.07, 6.45) is 5.89. The highest BCUT2D eigenvalue weighted by molar-refractivity contribution is 5.87. The summed E-state index contributed by atoms with van der Waals surface area (Å²) in [5.41, 5.74) is 0. The summed E-state index contributed by atoms with van der Waals surface area (Å²) in [7, 11) is 2.08. The molecular weight excluding hydrogens is 150 g/mol. The molecule has 1 aliphatic carbocycles. The number of rotatable bonds is 2. The van der Waals surface area contributed by atoms with Crippen LogP contribution >= 0.6 is 0 Å². The summed E-state index contributed by atoms with van der Waals surface area (Å²) in [5.74, 6) is 0.955. The average Bonchev–Trinajstić information content (AvgIpc) is 2.31. The molecule has 2 rings (SSSR count). The molecule has 0 aromatic rings. The first-order valence-corrected chi connectivity index (χ1v) is 5.03. The van der Waals surface area contributed by atoms with Crippen LogP contribution in [0.4, 0.5) is 0 Å². The maximum atomic E-state index is 11.8. The summed E-state index contributed by atoms with van der Waals surface area (Å²) in [6.45, 7) is 1.11. The summed E-state index contributed by atoms with van der Waals surface area (Å²) in [6, 6.07) is 0.273. The molecule has 1 aliphatic heterocycles. The zero-order valence-electron chi connectivity index (χ0n) is 7.75. The van der Waals surface area contributed by atoms with Crippen LogP contribution in [0.25, 0.3) is 0 Å². The van der Waals surface area contributed by atoms with Crippen molar-refractivity contribution in [1.29, 1.82) is 0 Å². The minimum Gasteiger partial charge on any atom is -0.298 e. The number of carbonyl (C=O) groups is 1. The molecule has 0 aromatic carbocycles. The van der Waals surface area contributed by atoms with E-state index in [9.17, 15) is 4.79 Å². The van der Waals surface area contributed by atoms with Gasteiger partial charge >= 0.3 is 0 Å². The van der Waals surface area contributed by atoms with Crippen molar-refractivity contribution in [2.45, 2.75) is 38.1 Å². The Balaban J connectivity index is 1.93. The fourth-order valence-corrected chi connectivity index (χ4v) is 2.23. The largest absolute Gasteiger partial charge is 0.298 e. The second kappa shape index (κ2) is 3.17. The number of ketones is 1. The number of nitrogens with zero attached hydrogens (tertiary/aromatic N) is 1. The lowest BCUT2D eigenvalue weighted by Gasteiger charge is -2.29. The quantitative estimate of drug-likeness (QED) is 0.620. The molecule has 2 heteroatoms. The molecule has 2 aliphatic rings. The van der Waals surface area contributed by atoms with Gasteiger partial charge in [-0.3, -0.25) is 9.69 Å². The van der Waals surface area contributed by atoms with Gasteiger partial charge in [0.25, 0.3) is 0 Å². The molecule has 1 unspecified atom stereocenters. The molecule has 1 heterocycles. The van der Waals surface area contributed by atoms with Gasteiger partial charge < -0.3 is 0 Å². The first-order valence-electron chi connectivity index (χ1n) is 5.03. The lowest BCUT2D eigenvalue weighted by Crippen LogP contribution is -2.39. The predicted molar refractivity (Wildman–Crippen MR) is 48.0 cm³/mol. The van der Waals surface area contributed by atoms with Crippen molar-refractivity contribution >= 4 is 5.78 Å². The standard InChI is InChI=1S/C10H17NO/c1-11-7-3-6-9(11)10(12)8-4-2-5-8/h8-9H,2-7H2,1H3. The highest BCUT2D eigenvalue weighted by Gasteiger charge is 2.35. The fourth-order valence-electron chi connectivity index (χ4n) is 2.23. The number of hydrogen-bond donors (Lipinski definition) is 0. The van der Waals surface area contributed by atoms with Crippen molar-refractivity contribution in [2.24, 2.45) is 5.92 Å². The molecule has 1 atom stereocenters. The minimum absolute atomic E-state index is 0.273. The third kappa shape index (κ3) is 1.28. The Bertz CT molecular complexity index is 186. The number of hydrogen-bond acceptors (Lipinski definition) is 2. The van der Waals surface area contributed by atoms with Crippen LogP contribution in [0.2, 0.25) is 0 Å². The van der Waals surface area contributed by atoms with Gasteiger partial charge in [-0.05, 0) is 39.3 Å². The topological polar surface area (TPSA) is 20.3 Å². The van der Waals surface area contributed by atoms with Crippen LogP contribution in [0.1, 0.15) is 32.1 Å². The summed E-state index contributed by atoms with van der Waals surface area (Å²) in [4.78, 5) is 14.0. The normalized spacial score (nSPS) is 31.9. The van der Waals surface area contributed by atoms with Gasteiger partial charge in [-0.25, -0.2) is 0 Å². The Kier molecular flexibility index (Phi) is 2.18. The number of likely N-dealkylation sites (tertiary alicyclic amines) is 1. The van der Waals surface area contributed by atoms with Crippen molar-refractivity contribution in [3.63, 3.8) is 0 Å². The highest BCUT2D eigenvalue weighted by Crippen LogP contribution is 2.31. The van der Waals surface area contributed by atoms with Crippen LogP contribution in [0.15, 0.2) is 0 Å². The fraction of sp³-hybridized carbons (Fsp3) is 0.900. The van der Waals surface area contributed by atoms with Gasteiger partial charge in [0.2, 0.25) is 0 Å². The molecular formula is C10H17NO. The van der Waals surface area contributed by atoms with Crippen LogP contribution in [0, 0.1) is 5.92 Å². The number of carbonyl (C=O) groups excluding carboxylic acids is 1. The maximum Gasteiger partial charge on any atom is 0.153 e. The molecule has 1 saturated carbocycles. The van der Waals surface area contributed by atoms with E-state index in [2.05, 4.69) is 11.9 Å². The molecule has 0 N–H and O–H groups in total. The molecule has 0 radical (unpaired) electrons. The average molecular weight is 167 g/mol. The van der Waals surface area contributed by atoms with Gasteiger partial charge in [-0.15, -0.1) is 0 Å². The Morgan fingerprint density at radius 1 is 1.25 bits per heavy atom. The van der Waals surface area contributed by atoms with E-state index < -0.39 is 0 Å². The molecule has 0 aromatic heterocycles. The highest BCUT2D eigenvalue weighted by atomic mass is 16.1. The van der Waals surface area contributed by atoms with E-state index in [0.29, 0.717) is 11.7 Å². The molecule has 0 spiro atoms. The van der Waals surface area contributed by atoms with Crippen molar-refractivity contribution in [2.75, 3.05) is 13.6 Å². The first-order chi connectivity index (χ1) is 5.79. The Morgan fingerprint density at radius 2 is 2.00 bits per heavy atom. The van der Waals surface area contributed by atoms with Gasteiger partial charge in [-0.2, -0.15) is 0 Å². The molecule has 2 fully saturated rings. The van der Waals surface area contributed by atoms with Crippen LogP contribution in [0.5, 0.6) is 0 Å². The van der Waals surface area contributed by atoms with E-state index in [1.165, 1.54) is 12.8 Å². The molecule has 0 amide bonds. The molecule has 0 bridgehead atoms. The molecule has 12 heavy (non-hydrogen) atoms. The van der Waals surface area contributed by atoms with E-state index in [1.54, 1.807) is 0 Å². The molecule has 68 valence electrons. The van der Waals surface area contributed by atoms with Crippen LogP contribution in [0.3, 0.4) is 0 Å². The van der Waals surface area contributed by atoms with Crippen molar-refractivity contribution in [1.82, 2.24) is 4.90 Å².